The summed E-state index contributed by atoms with van der Waals surface area (Å²) in [7, 11) is 0. The van der Waals surface area contributed by atoms with Gasteiger partial charge in [-0.1, -0.05) is 17.7 Å². The summed E-state index contributed by atoms with van der Waals surface area (Å²) < 4.78 is 5.36. The van der Waals surface area contributed by atoms with Crippen molar-refractivity contribution >= 4 is 17.3 Å². The highest BCUT2D eigenvalue weighted by atomic mass is 16.5. The summed E-state index contributed by atoms with van der Waals surface area (Å²) in [4.78, 5) is 19.3. The van der Waals surface area contributed by atoms with Gasteiger partial charge in [0.1, 0.15) is 5.69 Å². The van der Waals surface area contributed by atoms with Crippen LogP contribution >= 0.6 is 0 Å². The molecule has 0 aliphatic carbocycles. The maximum absolute atomic E-state index is 12.7. The van der Waals surface area contributed by atoms with Crippen LogP contribution < -0.4 is 10.6 Å². The molecular formula is C21H28N4O2. The maximum atomic E-state index is 12.7. The van der Waals surface area contributed by atoms with E-state index >= 15 is 0 Å². The first-order valence-corrected chi connectivity index (χ1v) is 9.42. The molecule has 0 unspecified atom stereocenters. The molecular weight excluding hydrogens is 340 g/mol. The minimum Gasteiger partial charge on any atom is -0.384 e. The molecule has 1 aromatic heterocycles. The summed E-state index contributed by atoms with van der Waals surface area (Å²) in [6.07, 6.45) is 1.67. The summed E-state index contributed by atoms with van der Waals surface area (Å²) in [5.41, 5.74) is 5.47. The highest BCUT2D eigenvalue weighted by Crippen LogP contribution is 2.22. The largest absolute Gasteiger partial charge is 0.384 e. The Labute approximate surface area is 160 Å². The van der Waals surface area contributed by atoms with E-state index in [9.17, 15) is 4.79 Å². The maximum Gasteiger partial charge on any atom is 0.274 e. The molecule has 2 N–H and O–H groups in total. The first-order valence-electron chi connectivity index (χ1n) is 9.42. The van der Waals surface area contributed by atoms with Crippen LogP contribution in [0.3, 0.4) is 0 Å². The third-order valence-electron chi connectivity index (χ3n) is 4.77. The molecule has 1 aliphatic rings. The number of morpholine rings is 1. The van der Waals surface area contributed by atoms with Crippen molar-refractivity contribution in [3.05, 3.63) is 52.8 Å². The van der Waals surface area contributed by atoms with Crippen LogP contribution in [0.4, 0.5) is 11.4 Å². The van der Waals surface area contributed by atoms with Crippen molar-refractivity contribution < 1.29 is 9.53 Å². The molecule has 3 rings (SSSR count). The Kier molecular flexibility index (Phi) is 6.42. The van der Waals surface area contributed by atoms with E-state index in [1.807, 2.05) is 19.9 Å². The van der Waals surface area contributed by atoms with Gasteiger partial charge in [-0.25, -0.2) is 0 Å². The fraction of sp³-hybridized carbons (Fsp3) is 0.429. The molecule has 0 saturated carbocycles. The lowest BCUT2D eigenvalue weighted by Gasteiger charge is -2.26. The van der Waals surface area contributed by atoms with E-state index in [1.54, 1.807) is 12.3 Å². The smallest absolute Gasteiger partial charge is 0.274 e. The number of aryl methyl sites for hydroxylation is 3. The number of amides is 1. The quantitative estimate of drug-likeness (QED) is 0.820. The molecule has 1 amide bonds. The van der Waals surface area contributed by atoms with Crippen LogP contribution in [0.25, 0.3) is 0 Å². The van der Waals surface area contributed by atoms with Crippen molar-refractivity contribution in [2.75, 3.05) is 50.0 Å². The van der Waals surface area contributed by atoms with Gasteiger partial charge in [0.25, 0.3) is 5.91 Å². The SMILES string of the molecule is Cc1cc(C)c(NC(=O)c2cc(NCCN3CCOCC3)ccn2)c(C)c1. The molecule has 6 heteroatoms. The number of benzene rings is 1. The van der Waals surface area contributed by atoms with Crippen LogP contribution in [-0.4, -0.2) is 55.2 Å². The second-order valence-electron chi connectivity index (χ2n) is 7.04. The standard InChI is InChI=1S/C21H28N4O2/c1-15-12-16(2)20(17(3)13-15)24-21(26)19-14-18(4-5-23-19)22-6-7-25-8-10-27-11-9-25/h4-5,12-14H,6-11H2,1-3H3,(H,22,23)(H,24,26). The van der Waals surface area contributed by atoms with Crippen LogP contribution in [0.5, 0.6) is 0 Å². The van der Waals surface area contributed by atoms with Gasteiger partial charge in [-0.3, -0.25) is 14.7 Å². The molecule has 144 valence electrons. The van der Waals surface area contributed by atoms with Gasteiger partial charge >= 0.3 is 0 Å². The van der Waals surface area contributed by atoms with E-state index < -0.39 is 0 Å². The topological polar surface area (TPSA) is 66.5 Å². The number of aromatic nitrogens is 1. The summed E-state index contributed by atoms with van der Waals surface area (Å²) in [6.45, 7) is 11.4. The first kappa shape index (κ1) is 19.3. The van der Waals surface area contributed by atoms with Crippen molar-refractivity contribution in [2.45, 2.75) is 20.8 Å². The van der Waals surface area contributed by atoms with E-state index in [-0.39, 0.29) is 5.91 Å². The Morgan fingerprint density at radius 2 is 1.85 bits per heavy atom. The molecule has 1 fully saturated rings. The molecule has 6 nitrogen and oxygen atoms in total. The number of ether oxygens (including phenoxy) is 1. The van der Waals surface area contributed by atoms with E-state index in [0.717, 1.165) is 61.9 Å². The van der Waals surface area contributed by atoms with Gasteiger partial charge in [0.05, 0.1) is 13.2 Å². The molecule has 0 spiro atoms. The molecule has 0 bridgehead atoms. The second kappa shape index (κ2) is 8.97. The Balaban J connectivity index is 1.60. The Morgan fingerprint density at radius 3 is 2.56 bits per heavy atom. The van der Waals surface area contributed by atoms with Crippen LogP contribution in [0, 0.1) is 20.8 Å². The number of hydrogen-bond acceptors (Lipinski definition) is 5. The average molecular weight is 368 g/mol. The lowest BCUT2D eigenvalue weighted by molar-refractivity contribution is 0.0398. The van der Waals surface area contributed by atoms with Crippen molar-refractivity contribution in [1.82, 2.24) is 9.88 Å². The van der Waals surface area contributed by atoms with Gasteiger partial charge in [-0.05, 0) is 44.0 Å². The Morgan fingerprint density at radius 1 is 1.15 bits per heavy atom. The third kappa shape index (κ3) is 5.28. The van der Waals surface area contributed by atoms with Crippen molar-refractivity contribution in [3.63, 3.8) is 0 Å². The molecule has 2 heterocycles. The summed E-state index contributed by atoms with van der Waals surface area (Å²) in [6, 6.07) is 7.82. The number of carbonyl (C=O) groups is 1. The van der Waals surface area contributed by atoms with Gasteiger partial charge < -0.3 is 15.4 Å². The highest BCUT2D eigenvalue weighted by molar-refractivity contribution is 6.04. The van der Waals surface area contributed by atoms with E-state index in [4.69, 9.17) is 4.74 Å². The highest BCUT2D eigenvalue weighted by Gasteiger charge is 2.13. The van der Waals surface area contributed by atoms with Crippen LogP contribution in [0.15, 0.2) is 30.5 Å². The first-order chi connectivity index (χ1) is 13.0. The van der Waals surface area contributed by atoms with Crippen molar-refractivity contribution in [1.29, 1.82) is 0 Å². The molecule has 0 radical (unpaired) electrons. The number of rotatable bonds is 6. The van der Waals surface area contributed by atoms with Crippen LogP contribution in [0.2, 0.25) is 0 Å². The van der Waals surface area contributed by atoms with Crippen molar-refractivity contribution in [2.24, 2.45) is 0 Å². The van der Waals surface area contributed by atoms with E-state index in [2.05, 4.69) is 39.6 Å². The Hall–Kier alpha value is -2.44. The molecule has 1 aliphatic heterocycles. The number of carbonyl (C=O) groups excluding carboxylic acids is 1. The van der Waals surface area contributed by atoms with Gasteiger partial charge in [0, 0.05) is 43.8 Å². The number of nitrogens with one attached hydrogen (secondary N) is 2. The van der Waals surface area contributed by atoms with E-state index in [1.165, 1.54) is 5.56 Å². The molecule has 27 heavy (non-hydrogen) atoms. The van der Waals surface area contributed by atoms with Crippen LogP contribution in [-0.2, 0) is 4.74 Å². The zero-order valence-corrected chi connectivity index (χ0v) is 16.3. The predicted molar refractivity (Wildman–Crippen MR) is 109 cm³/mol. The van der Waals surface area contributed by atoms with Crippen molar-refractivity contribution in [3.8, 4) is 0 Å². The summed E-state index contributed by atoms with van der Waals surface area (Å²) in [5, 5.41) is 6.38. The van der Waals surface area contributed by atoms with E-state index in [0.29, 0.717) is 5.69 Å². The number of anilines is 2. The minimum atomic E-state index is -0.193. The molecule has 2 aromatic rings. The van der Waals surface area contributed by atoms with Gasteiger partial charge in [-0.15, -0.1) is 0 Å². The number of nitrogens with zero attached hydrogens (tertiary/aromatic N) is 2. The lowest BCUT2D eigenvalue weighted by atomic mass is 10.0. The average Bonchev–Trinajstić information content (AvgIpc) is 2.65. The summed E-state index contributed by atoms with van der Waals surface area (Å²) >= 11 is 0. The predicted octanol–water partition coefficient (Wildman–Crippen LogP) is 3.00. The summed E-state index contributed by atoms with van der Waals surface area (Å²) in [5.74, 6) is -0.193. The van der Waals surface area contributed by atoms with Gasteiger partial charge in [0.15, 0.2) is 0 Å². The lowest BCUT2D eigenvalue weighted by Crippen LogP contribution is -2.39. The normalized spacial score (nSPS) is 14.8. The zero-order chi connectivity index (χ0) is 19.2. The fourth-order valence-corrected chi connectivity index (χ4v) is 3.40. The van der Waals surface area contributed by atoms with Gasteiger partial charge in [0.2, 0.25) is 0 Å². The molecule has 0 atom stereocenters. The molecule has 1 aromatic carbocycles. The van der Waals surface area contributed by atoms with Crippen LogP contribution in [0.1, 0.15) is 27.2 Å². The fourth-order valence-electron chi connectivity index (χ4n) is 3.40. The Bertz CT molecular complexity index is 778. The minimum absolute atomic E-state index is 0.193. The molecule has 1 saturated heterocycles. The second-order valence-corrected chi connectivity index (χ2v) is 7.04. The van der Waals surface area contributed by atoms with Gasteiger partial charge in [-0.2, -0.15) is 0 Å². The zero-order valence-electron chi connectivity index (χ0n) is 16.3. The number of hydrogen-bond donors (Lipinski definition) is 2. The number of pyridine rings is 1. The third-order valence-corrected chi connectivity index (χ3v) is 4.77. The monoisotopic (exact) mass is 368 g/mol.